The van der Waals surface area contributed by atoms with Gasteiger partial charge >= 0.3 is 15.3 Å². The van der Waals surface area contributed by atoms with Crippen LogP contribution in [0.3, 0.4) is 0 Å². The molecule has 4 heterocycles. The van der Waals surface area contributed by atoms with Gasteiger partial charge in [-0.3, -0.25) is 52.2 Å². The Morgan fingerprint density at radius 3 is 1.69 bits per heavy atom. The molecular weight excluding hydrogens is 1350 g/mol. The van der Waals surface area contributed by atoms with Crippen LogP contribution in [0.1, 0.15) is 110 Å². The summed E-state index contributed by atoms with van der Waals surface area (Å²) in [4.78, 5) is 100. The molecule has 30 nitrogen and oxygen atoms in total. The van der Waals surface area contributed by atoms with E-state index >= 15 is 4.57 Å². The van der Waals surface area contributed by atoms with Crippen molar-refractivity contribution in [3.8, 4) is 0 Å². The minimum Gasteiger partial charge on any atom is -0.370 e. The first-order chi connectivity index (χ1) is 47.5. The number of nitrogens with one attached hydrogen (secondary N) is 4. The monoisotopic (exact) mass is 1460 g/mol. The Morgan fingerprint density at radius 2 is 1.13 bits per heavy atom. The predicted octanol–water partition coefficient (Wildman–Crippen LogP) is 4.22. The van der Waals surface area contributed by atoms with E-state index in [-0.39, 0.29) is 177 Å². The van der Waals surface area contributed by atoms with Crippen molar-refractivity contribution < 1.29 is 75.0 Å². The van der Waals surface area contributed by atoms with E-state index in [1.54, 1.807) is 63.7 Å². The molecule has 0 saturated carbocycles. The number of ketones is 2. The molecule has 33 heteroatoms. The quantitative estimate of drug-likeness (QED) is 0.0235. The van der Waals surface area contributed by atoms with Gasteiger partial charge in [-0.15, -0.1) is 0 Å². The van der Waals surface area contributed by atoms with E-state index in [4.69, 9.17) is 39.2 Å². The second-order valence-corrected chi connectivity index (χ2v) is 34.5. The average Bonchev–Trinajstić information content (AvgIpc) is 0.799. The molecule has 0 bridgehead atoms. The number of rotatable bonds is 41. The van der Waals surface area contributed by atoms with Crippen LogP contribution in [-0.4, -0.2) is 269 Å². The largest absolute Gasteiger partial charge is 0.370 e. The van der Waals surface area contributed by atoms with Gasteiger partial charge in [-0.1, -0.05) is 73.5 Å². The summed E-state index contributed by atoms with van der Waals surface area (Å²) in [6.07, 6.45) is 1.20. The average molecular weight is 1460 g/mol. The zero-order chi connectivity index (χ0) is 73.2. The molecule has 8 N–H and O–H groups in total. The molecule has 4 aliphatic rings. The van der Waals surface area contributed by atoms with E-state index in [1.807, 2.05) is 81.4 Å². The number of carbonyl (C=O) groups excluding carboxylic acids is 7. The molecule has 2 aromatic rings. The number of hydrogen-bond donors (Lipinski definition) is 6. The highest BCUT2D eigenvalue weighted by molar-refractivity contribution is 7.56. The molecule has 12 unspecified atom stereocenters. The van der Waals surface area contributed by atoms with E-state index in [1.165, 1.54) is 18.5 Å². The van der Waals surface area contributed by atoms with Crippen LogP contribution < -0.4 is 32.7 Å². The van der Waals surface area contributed by atoms with Crippen molar-refractivity contribution in [1.82, 2.24) is 54.4 Å². The third-order valence-corrected chi connectivity index (χ3v) is 25.5. The van der Waals surface area contributed by atoms with Gasteiger partial charge in [-0.05, 0) is 106 Å². The number of Topliss-reactive ketones (excluding diaryl/α,β-unsaturated/α-hetero) is 2. The number of aliphatic imine (C=N–C) groups is 1. The second kappa shape index (κ2) is 41.2. The zero-order valence-electron chi connectivity index (χ0n) is 60.4. The Kier molecular flexibility index (Phi) is 34.4. The van der Waals surface area contributed by atoms with Crippen molar-refractivity contribution in [1.29, 1.82) is 0 Å². The molecule has 100 heavy (non-hydrogen) atoms. The fourth-order valence-electron chi connectivity index (χ4n) is 12.8. The SMILES string of the molecule is CNCP(=O)(OCC1CN(C(C)=O)CC(C)O1)N1CC(C)OC(COP(=O)(N(C)C)N2CC(C)OC(COP(=O)(N(C)C)N3CCN(C(=O)CCNC(=O)CCCCCCC(=O)C(Cc4ccccc4)NC(=O)C(CC(=O)C(CCCN=C(N)N)NC(C)=O)Cc4ccccc4)CC3)C2)C1. The van der Waals surface area contributed by atoms with Crippen LogP contribution in [0, 0.1) is 5.92 Å². The molecule has 4 saturated heterocycles. The number of guanidine groups is 1. The lowest BCUT2D eigenvalue weighted by molar-refractivity contribution is -0.144. The Labute approximate surface area is 591 Å². The number of ether oxygens (including phenoxy) is 3. The van der Waals surface area contributed by atoms with Crippen molar-refractivity contribution in [2.45, 2.75) is 160 Å². The fourth-order valence-corrected chi connectivity index (χ4v) is 19.0. The Bertz CT molecular complexity index is 3130. The number of nitrogens with zero attached hydrogens (tertiary/aromatic N) is 8. The number of morpholine rings is 3. The second-order valence-electron chi connectivity index (χ2n) is 26.9. The summed E-state index contributed by atoms with van der Waals surface area (Å²) < 4.78 is 90.3. The molecule has 4 aliphatic heterocycles. The van der Waals surface area contributed by atoms with Gasteiger partial charge in [0.05, 0.1) is 74.8 Å². The number of nitrogens with two attached hydrogens (primary N) is 2. The van der Waals surface area contributed by atoms with E-state index in [2.05, 4.69) is 26.3 Å². The number of hydrogen-bond acceptors (Lipinski definition) is 18. The number of benzene rings is 2. The highest BCUT2D eigenvalue weighted by Crippen LogP contribution is 2.56. The van der Waals surface area contributed by atoms with E-state index in [0.717, 1.165) is 11.1 Å². The van der Waals surface area contributed by atoms with Crippen molar-refractivity contribution in [2.24, 2.45) is 22.4 Å². The van der Waals surface area contributed by atoms with Gasteiger partial charge in [0.2, 0.25) is 29.5 Å². The summed E-state index contributed by atoms with van der Waals surface area (Å²) in [5.41, 5.74) is 12.6. The maximum atomic E-state index is 15.0. The van der Waals surface area contributed by atoms with Gasteiger partial charge in [-0.25, -0.2) is 23.4 Å². The molecule has 6 rings (SSSR count). The van der Waals surface area contributed by atoms with Crippen LogP contribution in [0.4, 0.5) is 0 Å². The van der Waals surface area contributed by atoms with Gasteiger partial charge in [-0.2, -0.15) is 0 Å². The molecule has 4 fully saturated rings. The molecule has 2 aromatic carbocycles. The van der Waals surface area contributed by atoms with Crippen LogP contribution in [0.2, 0.25) is 0 Å². The van der Waals surface area contributed by atoms with Gasteiger partial charge < -0.3 is 70.3 Å². The topological polar surface area (TPSA) is 361 Å². The molecule has 5 amide bonds. The normalized spacial score (nSPS) is 23.1. The summed E-state index contributed by atoms with van der Waals surface area (Å²) in [6.45, 7) is 11.4. The summed E-state index contributed by atoms with van der Waals surface area (Å²) in [5, 5.41) is 11.6. The number of carbonyl (C=O) groups is 7. The maximum absolute atomic E-state index is 15.0. The number of amides is 5. The Balaban J connectivity index is 0.920. The molecule has 0 radical (unpaired) electrons. The van der Waals surface area contributed by atoms with Crippen LogP contribution in [0.25, 0.3) is 0 Å². The summed E-state index contributed by atoms with van der Waals surface area (Å²) >= 11 is 0. The van der Waals surface area contributed by atoms with Gasteiger partial charge in [0.1, 0.15) is 0 Å². The molecule has 0 aromatic heterocycles. The van der Waals surface area contributed by atoms with Crippen molar-refractivity contribution in [3.63, 3.8) is 0 Å². The van der Waals surface area contributed by atoms with Crippen molar-refractivity contribution >= 4 is 69.9 Å². The lowest BCUT2D eigenvalue weighted by Gasteiger charge is -2.44. The smallest absolute Gasteiger partial charge is 0.345 e. The predicted molar refractivity (Wildman–Crippen MR) is 382 cm³/mol. The molecule has 12 atom stereocenters. The van der Waals surface area contributed by atoms with Crippen LogP contribution in [0.15, 0.2) is 65.7 Å². The summed E-state index contributed by atoms with van der Waals surface area (Å²) in [5.74, 6) is -2.67. The summed E-state index contributed by atoms with van der Waals surface area (Å²) in [6, 6.07) is 16.9. The molecule has 0 spiro atoms. The highest BCUT2D eigenvalue weighted by atomic mass is 31.2. The summed E-state index contributed by atoms with van der Waals surface area (Å²) in [7, 11) is -2.55. The molecule has 0 aliphatic carbocycles. The first-order valence-corrected chi connectivity index (χ1v) is 39.8. The van der Waals surface area contributed by atoms with Crippen molar-refractivity contribution in [2.75, 3.05) is 140 Å². The van der Waals surface area contributed by atoms with E-state index in [9.17, 15) is 42.7 Å². The first-order valence-electron chi connectivity index (χ1n) is 35.0. The van der Waals surface area contributed by atoms with E-state index < -0.39 is 77.1 Å². The van der Waals surface area contributed by atoms with Crippen molar-refractivity contribution in [3.05, 3.63) is 71.8 Å². The number of unbranched alkanes of at least 4 members (excludes halogenated alkanes) is 3. The maximum Gasteiger partial charge on any atom is 0.345 e. The van der Waals surface area contributed by atoms with Gasteiger partial charge in [0, 0.05) is 124 Å². The number of piperazine rings is 1. The Morgan fingerprint density at radius 1 is 0.600 bits per heavy atom. The Hall–Kier alpha value is -5.39. The van der Waals surface area contributed by atoms with Crippen LogP contribution in [-0.2, 0) is 87.9 Å². The van der Waals surface area contributed by atoms with Gasteiger partial charge in [0.25, 0.3) is 7.52 Å². The van der Waals surface area contributed by atoms with Gasteiger partial charge in [0.15, 0.2) is 17.5 Å². The molecular formula is C67H113N14O16P3. The first kappa shape index (κ1) is 83.6. The van der Waals surface area contributed by atoms with E-state index in [0.29, 0.717) is 51.7 Å². The zero-order valence-corrected chi connectivity index (χ0v) is 63.1. The minimum atomic E-state index is -3.75. The standard InChI is InChI=1S/C67H113N14O16P3/c1-49-39-78(53(5)83)42-57(95-49)45-92-98(89,48-70-6)80-40-50(2)96-58(43-80)46-94-100(91,76(9)10)81-41-51(3)97-59(44-81)47-93-99(90,75(7)8)79-34-32-77(33-35-79)65(87)29-31-71-64(86)28-20-12-11-19-27-62(84)61(37-55-24-17-14-18-25-55)74-66(88)56(36-54-22-15-13-16-23-54)38-63(85)60(73-52(4)82)26-21-30-72-67(68)69/h13-18,22-25,49-51,56-61,70H,11-12,19-21,26-48H2,1-10H3,(H,71,86)(H,73,82)(H,74,88)(H4,68,69,72). The highest BCUT2D eigenvalue weighted by Gasteiger charge is 2.46. The third kappa shape index (κ3) is 26.7. The minimum absolute atomic E-state index is 0.0158. The van der Waals surface area contributed by atoms with Crippen LogP contribution in [0.5, 0.6) is 0 Å². The third-order valence-electron chi connectivity index (χ3n) is 17.9. The fraction of sp³-hybridized carbons (Fsp3) is 0.701. The lowest BCUT2D eigenvalue weighted by atomic mass is 9.89. The molecule has 562 valence electrons. The van der Waals surface area contributed by atoms with Crippen LogP contribution >= 0.6 is 22.9 Å². The lowest BCUT2D eigenvalue weighted by Crippen LogP contribution is -2.51.